The minimum Gasteiger partial charge on any atom is -0.488 e. The highest BCUT2D eigenvalue weighted by molar-refractivity contribution is 14.1. The van der Waals surface area contributed by atoms with Crippen LogP contribution in [-0.4, -0.2) is 6.04 Å². The van der Waals surface area contributed by atoms with E-state index < -0.39 is 0 Å². The SMILES string of the molecule is Ic1cccc(OCc2ccc(CNC3CC3)s2)c1. The second-order valence-corrected chi connectivity index (χ2v) is 7.27. The third kappa shape index (κ3) is 4.19. The van der Waals surface area contributed by atoms with E-state index in [1.54, 1.807) is 0 Å². The van der Waals surface area contributed by atoms with Crippen molar-refractivity contribution in [3.8, 4) is 5.75 Å². The van der Waals surface area contributed by atoms with Crippen LogP contribution in [0.2, 0.25) is 0 Å². The van der Waals surface area contributed by atoms with Crippen molar-refractivity contribution in [2.75, 3.05) is 0 Å². The van der Waals surface area contributed by atoms with Gasteiger partial charge in [-0.2, -0.15) is 0 Å². The maximum absolute atomic E-state index is 5.81. The van der Waals surface area contributed by atoms with Crippen LogP contribution in [0.1, 0.15) is 22.6 Å². The van der Waals surface area contributed by atoms with Crippen LogP contribution in [-0.2, 0) is 13.2 Å². The monoisotopic (exact) mass is 385 g/mol. The number of nitrogens with one attached hydrogen (secondary N) is 1. The molecule has 1 fully saturated rings. The molecule has 2 aromatic rings. The van der Waals surface area contributed by atoms with E-state index in [9.17, 15) is 0 Å². The van der Waals surface area contributed by atoms with E-state index in [-0.39, 0.29) is 0 Å². The van der Waals surface area contributed by atoms with Crippen molar-refractivity contribution < 1.29 is 4.74 Å². The summed E-state index contributed by atoms with van der Waals surface area (Å²) in [5.41, 5.74) is 0. The summed E-state index contributed by atoms with van der Waals surface area (Å²) in [5.74, 6) is 0.943. The molecule has 0 atom stereocenters. The van der Waals surface area contributed by atoms with Crippen LogP contribution in [0.5, 0.6) is 5.75 Å². The van der Waals surface area contributed by atoms with Gasteiger partial charge in [-0.3, -0.25) is 0 Å². The van der Waals surface area contributed by atoms with E-state index in [1.165, 1.54) is 26.2 Å². The first-order valence-corrected chi connectivity index (χ1v) is 8.38. The van der Waals surface area contributed by atoms with Gasteiger partial charge in [0.2, 0.25) is 0 Å². The van der Waals surface area contributed by atoms with Crippen LogP contribution < -0.4 is 10.1 Å². The third-order valence-electron chi connectivity index (χ3n) is 3.04. The molecule has 1 saturated carbocycles. The van der Waals surface area contributed by atoms with Crippen LogP contribution in [0.4, 0.5) is 0 Å². The van der Waals surface area contributed by atoms with Gasteiger partial charge in [0.15, 0.2) is 0 Å². The highest BCUT2D eigenvalue weighted by atomic mass is 127. The molecule has 0 radical (unpaired) electrons. The highest BCUT2D eigenvalue weighted by Gasteiger charge is 2.20. The Morgan fingerprint density at radius 2 is 2.05 bits per heavy atom. The van der Waals surface area contributed by atoms with Crippen LogP contribution in [0.25, 0.3) is 0 Å². The third-order valence-corrected chi connectivity index (χ3v) is 4.77. The van der Waals surface area contributed by atoms with Crippen molar-refractivity contribution in [2.45, 2.75) is 32.0 Å². The Balaban J connectivity index is 1.51. The van der Waals surface area contributed by atoms with Gasteiger partial charge in [-0.25, -0.2) is 0 Å². The largest absolute Gasteiger partial charge is 0.488 e. The molecular weight excluding hydrogens is 369 g/mol. The number of halogens is 1. The Kier molecular flexibility index (Phi) is 4.40. The molecule has 2 nitrogen and oxygen atoms in total. The van der Waals surface area contributed by atoms with Crippen LogP contribution in [0.3, 0.4) is 0 Å². The quantitative estimate of drug-likeness (QED) is 0.754. The lowest BCUT2D eigenvalue weighted by atomic mass is 10.3. The molecule has 1 aromatic carbocycles. The number of benzene rings is 1. The van der Waals surface area contributed by atoms with Gasteiger partial charge in [-0.05, 0) is 65.8 Å². The molecule has 19 heavy (non-hydrogen) atoms. The molecule has 0 amide bonds. The van der Waals surface area contributed by atoms with Gasteiger partial charge in [-0.1, -0.05) is 6.07 Å². The van der Waals surface area contributed by atoms with Gasteiger partial charge in [0.1, 0.15) is 12.4 Å². The molecule has 1 aromatic heterocycles. The van der Waals surface area contributed by atoms with Crippen molar-refractivity contribution in [1.82, 2.24) is 5.32 Å². The Morgan fingerprint density at radius 3 is 2.84 bits per heavy atom. The first kappa shape index (κ1) is 13.4. The fourth-order valence-electron chi connectivity index (χ4n) is 1.84. The first-order chi connectivity index (χ1) is 9.29. The maximum atomic E-state index is 5.81. The average molecular weight is 385 g/mol. The molecule has 100 valence electrons. The minimum atomic E-state index is 0.661. The standard InChI is InChI=1S/C15H16INOS/c16-11-2-1-3-13(8-11)18-10-15-7-6-14(19-15)9-17-12-4-5-12/h1-3,6-8,12,17H,4-5,9-10H2. The van der Waals surface area contributed by atoms with E-state index in [2.05, 4.69) is 52.2 Å². The summed E-state index contributed by atoms with van der Waals surface area (Å²) in [5, 5.41) is 3.54. The zero-order chi connectivity index (χ0) is 13.1. The molecule has 1 aliphatic rings. The molecule has 0 bridgehead atoms. The number of hydrogen-bond acceptors (Lipinski definition) is 3. The molecule has 0 saturated heterocycles. The zero-order valence-corrected chi connectivity index (χ0v) is 13.5. The zero-order valence-electron chi connectivity index (χ0n) is 10.6. The van der Waals surface area contributed by atoms with E-state index in [4.69, 9.17) is 4.74 Å². The summed E-state index contributed by atoms with van der Waals surface area (Å²) in [6.45, 7) is 1.66. The molecule has 0 aliphatic heterocycles. The van der Waals surface area contributed by atoms with Gasteiger partial charge in [0.05, 0.1) is 0 Å². The van der Waals surface area contributed by atoms with Gasteiger partial charge in [-0.15, -0.1) is 11.3 Å². The Labute approximate surface area is 131 Å². The normalized spacial score (nSPS) is 14.6. The van der Waals surface area contributed by atoms with E-state index >= 15 is 0 Å². The summed E-state index contributed by atoms with van der Waals surface area (Å²) in [7, 11) is 0. The second-order valence-electron chi connectivity index (χ2n) is 4.77. The second kappa shape index (κ2) is 6.24. The van der Waals surface area contributed by atoms with E-state index in [1.807, 2.05) is 23.5 Å². The molecule has 0 spiro atoms. The van der Waals surface area contributed by atoms with Crippen molar-refractivity contribution in [2.24, 2.45) is 0 Å². The molecule has 0 unspecified atom stereocenters. The Bertz CT molecular complexity index is 551. The Morgan fingerprint density at radius 1 is 1.21 bits per heavy atom. The fourth-order valence-corrected chi connectivity index (χ4v) is 3.24. The van der Waals surface area contributed by atoms with Crippen LogP contribution in [0.15, 0.2) is 36.4 Å². The predicted octanol–water partition coefficient (Wildman–Crippen LogP) is 4.18. The lowest BCUT2D eigenvalue weighted by Crippen LogP contribution is -2.14. The molecule has 4 heteroatoms. The number of thiophene rings is 1. The Hall–Kier alpha value is -0.590. The topological polar surface area (TPSA) is 21.3 Å². The average Bonchev–Trinajstić information content (AvgIpc) is 3.13. The number of ether oxygens (including phenoxy) is 1. The van der Waals surface area contributed by atoms with Crippen molar-refractivity contribution in [3.05, 3.63) is 49.7 Å². The summed E-state index contributed by atoms with van der Waals surface area (Å²) in [4.78, 5) is 2.68. The number of hydrogen-bond donors (Lipinski definition) is 1. The summed E-state index contributed by atoms with van der Waals surface area (Å²) in [6.07, 6.45) is 2.68. The van der Waals surface area contributed by atoms with Crippen molar-refractivity contribution in [3.63, 3.8) is 0 Å². The number of rotatable bonds is 6. The molecular formula is C15H16INOS. The minimum absolute atomic E-state index is 0.661. The van der Waals surface area contributed by atoms with Gasteiger partial charge >= 0.3 is 0 Å². The summed E-state index contributed by atoms with van der Waals surface area (Å²) in [6, 6.07) is 13.3. The fraction of sp³-hybridized carbons (Fsp3) is 0.333. The maximum Gasteiger partial charge on any atom is 0.122 e. The molecule has 3 rings (SSSR count). The summed E-state index contributed by atoms with van der Waals surface area (Å²) < 4.78 is 7.01. The molecule has 1 heterocycles. The summed E-state index contributed by atoms with van der Waals surface area (Å²) >= 11 is 4.14. The highest BCUT2D eigenvalue weighted by Crippen LogP contribution is 2.23. The lowest BCUT2D eigenvalue weighted by molar-refractivity contribution is 0.309. The van der Waals surface area contributed by atoms with Gasteiger partial charge in [0, 0.05) is 25.9 Å². The smallest absolute Gasteiger partial charge is 0.122 e. The van der Waals surface area contributed by atoms with Crippen molar-refractivity contribution >= 4 is 33.9 Å². The van der Waals surface area contributed by atoms with E-state index in [0.29, 0.717) is 6.61 Å². The van der Waals surface area contributed by atoms with Crippen molar-refractivity contribution in [1.29, 1.82) is 0 Å². The first-order valence-electron chi connectivity index (χ1n) is 6.49. The van der Waals surface area contributed by atoms with Crippen LogP contribution >= 0.6 is 33.9 Å². The van der Waals surface area contributed by atoms with E-state index in [0.717, 1.165) is 18.3 Å². The van der Waals surface area contributed by atoms with Gasteiger partial charge < -0.3 is 10.1 Å². The van der Waals surface area contributed by atoms with Crippen LogP contribution in [0, 0.1) is 3.57 Å². The molecule has 1 N–H and O–H groups in total. The predicted molar refractivity (Wildman–Crippen MR) is 87.7 cm³/mol. The lowest BCUT2D eigenvalue weighted by Gasteiger charge is -2.04. The van der Waals surface area contributed by atoms with Gasteiger partial charge in [0.25, 0.3) is 0 Å². The molecule has 1 aliphatic carbocycles.